The topological polar surface area (TPSA) is 71.0 Å². The molecule has 0 spiro atoms. The first-order chi connectivity index (χ1) is 8.47. The number of nitrogens with one attached hydrogen (secondary N) is 1. The van der Waals surface area contributed by atoms with Crippen molar-refractivity contribution in [2.45, 2.75) is 51.4 Å². The van der Waals surface area contributed by atoms with Gasteiger partial charge in [-0.3, -0.25) is 0 Å². The van der Waals surface area contributed by atoms with Gasteiger partial charge in [-0.1, -0.05) is 6.92 Å². The Labute approximate surface area is 110 Å². The molecule has 3 N–H and O–H groups in total. The average Bonchev–Trinajstić information content (AvgIpc) is 2.35. The van der Waals surface area contributed by atoms with Crippen molar-refractivity contribution in [3.8, 4) is 0 Å². The van der Waals surface area contributed by atoms with E-state index >= 15 is 0 Å². The minimum absolute atomic E-state index is 0.0142. The lowest BCUT2D eigenvalue weighted by molar-refractivity contribution is -0.0328. The molecule has 0 aromatic carbocycles. The number of rotatable bonds is 11. The first-order valence-corrected chi connectivity index (χ1v) is 6.62. The standard InChI is InChI=1S/C13H29NO4/c1-5-13(3,6-7-15)14-8-12(16)10-18-11(2)9-17-4/h11-12,14-16H,5-10H2,1-4H3. The fraction of sp³-hybridized carbons (Fsp3) is 1.00. The number of aliphatic hydroxyl groups is 2. The number of β-amino-alcohol motifs (C(OH)–C–C–N with tert-alkyl or cyclic N) is 1. The quantitative estimate of drug-likeness (QED) is 0.507. The molecule has 0 bridgehead atoms. The molecule has 0 heterocycles. The van der Waals surface area contributed by atoms with Crippen molar-refractivity contribution >= 4 is 0 Å². The molecule has 5 heteroatoms. The lowest BCUT2D eigenvalue weighted by atomic mass is 9.95. The summed E-state index contributed by atoms with van der Waals surface area (Å²) < 4.78 is 10.4. The first-order valence-electron chi connectivity index (χ1n) is 6.62. The van der Waals surface area contributed by atoms with Crippen LogP contribution in [0.2, 0.25) is 0 Å². The highest BCUT2D eigenvalue weighted by atomic mass is 16.5. The minimum atomic E-state index is -0.547. The van der Waals surface area contributed by atoms with Crippen LogP contribution in [-0.4, -0.2) is 61.4 Å². The predicted molar refractivity (Wildman–Crippen MR) is 71.7 cm³/mol. The van der Waals surface area contributed by atoms with Crippen LogP contribution in [0.1, 0.15) is 33.6 Å². The largest absolute Gasteiger partial charge is 0.396 e. The molecule has 0 aromatic heterocycles. The highest BCUT2D eigenvalue weighted by Gasteiger charge is 2.21. The van der Waals surface area contributed by atoms with Gasteiger partial charge in [0.2, 0.25) is 0 Å². The first kappa shape index (κ1) is 17.8. The average molecular weight is 263 g/mol. The Morgan fingerprint density at radius 3 is 2.50 bits per heavy atom. The summed E-state index contributed by atoms with van der Waals surface area (Å²) in [5, 5.41) is 22.1. The lowest BCUT2D eigenvalue weighted by Crippen LogP contribution is -2.47. The van der Waals surface area contributed by atoms with Crippen molar-refractivity contribution in [2.24, 2.45) is 0 Å². The molecule has 5 nitrogen and oxygen atoms in total. The van der Waals surface area contributed by atoms with E-state index in [2.05, 4.69) is 12.2 Å². The molecule has 0 radical (unpaired) electrons. The Morgan fingerprint density at radius 2 is 2.00 bits per heavy atom. The second kappa shape index (κ2) is 9.69. The molecule has 0 fully saturated rings. The Kier molecular flexibility index (Phi) is 9.59. The zero-order chi connectivity index (χ0) is 14.0. The van der Waals surface area contributed by atoms with Crippen LogP contribution in [0.15, 0.2) is 0 Å². The van der Waals surface area contributed by atoms with E-state index in [9.17, 15) is 5.11 Å². The van der Waals surface area contributed by atoms with Gasteiger partial charge in [-0.2, -0.15) is 0 Å². The van der Waals surface area contributed by atoms with E-state index in [0.29, 0.717) is 19.6 Å². The van der Waals surface area contributed by atoms with Gasteiger partial charge in [0.1, 0.15) is 0 Å². The lowest BCUT2D eigenvalue weighted by Gasteiger charge is -2.30. The molecule has 18 heavy (non-hydrogen) atoms. The molecule has 3 unspecified atom stereocenters. The van der Waals surface area contributed by atoms with Crippen molar-refractivity contribution in [3.63, 3.8) is 0 Å². The van der Waals surface area contributed by atoms with Crippen LogP contribution < -0.4 is 5.32 Å². The zero-order valence-corrected chi connectivity index (χ0v) is 12.1. The van der Waals surface area contributed by atoms with Crippen LogP contribution in [0, 0.1) is 0 Å². The Bertz CT molecular complexity index is 203. The maximum atomic E-state index is 9.80. The van der Waals surface area contributed by atoms with Crippen LogP contribution in [0.3, 0.4) is 0 Å². The van der Waals surface area contributed by atoms with E-state index in [4.69, 9.17) is 14.6 Å². The van der Waals surface area contributed by atoms with E-state index in [0.717, 1.165) is 6.42 Å². The summed E-state index contributed by atoms with van der Waals surface area (Å²) in [6, 6.07) is 0. The second-order valence-corrected chi connectivity index (χ2v) is 5.02. The monoisotopic (exact) mass is 263 g/mol. The summed E-state index contributed by atoms with van der Waals surface area (Å²) in [5.41, 5.74) is -0.131. The molecule has 110 valence electrons. The molecule has 0 aliphatic carbocycles. The molecule has 3 atom stereocenters. The van der Waals surface area contributed by atoms with E-state index in [1.54, 1.807) is 7.11 Å². The van der Waals surface area contributed by atoms with E-state index in [1.807, 2.05) is 13.8 Å². The van der Waals surface area contributed by atoms with E-state index in [-0.39, 0.29) is 24.9 Å². The number of methoxy groups -OCH3 is 1. The molecule has 0 saturated heterocycles. The summed E-state index contributed by atoms with van der Waals surface area (Å²) in [6.07, 6.45) is 1.02. The molecule has 0 rings (SSSR count). The molecule has 0 saturated carbocycles. The maximum absolute atomic E-state index is 9.80. The summed E-state index contributed by atoms with van der Waals surface area (Å²) in [7, 11) is 1.62. The van der Waals surface area contributed by atoms with Crippen LogP contribution in [0.25, 0.3) is 0 Å². The molecule has 0 aromatic rings. The van der Waals surface area contributed by atoms with Gasteiger partial charge in [0, 0.05) is 25.8 Å². The number of ether oxygens (including phenoxy) is 2. The fourth-order valence-electron chi connectivity index (χ4n) is 1.62. The molecular formula is C13H29NO4. The minimum Gasteiger partial charge on any atom is -0.396 e. The third-order valence-corrected chi connectivity index (χ3v) is 3.18. The third kappa shape index (κ3) is 8.00. The Morgan fingerprint density at radius 1 is 1.33 bits per heavy atom. The van der Waals surface area contributed by atoms with Gasteiger partial charge in [0.15, 0.2) is 0 Å². The van der Waals surface area contributed by atoms with Gasteiger partial charge in [-0.05, 0) is 26.7 Å². The van der Waals surface area contributed by atoms with E-state index < -0.39 is 6.10 Å². The van der Waals surface area contributed by atoms with Crippen molar-refractivity contribution < 1.29 is 19.7 Å². The van der Waals surface area contributed by atoms with Crippen LogP contribution in [-0.2, 0) is 9.47 Å². The highest BCUT2D eigenvalue weighted by molar-refractivity contribution is 4.82. The summed E-state index contributed by atoms with van der Waals surface area (Å²) in [6.45, 7) is 7.44. The predicted octanol–water partition coefficient (Wildman–Crippen LogP) is 0.540. The van der Waals surface area contributed by atoms with Gasteiger partial charge in [-0.15, -0.1) is 0 Å². The number of aliphatic hydroxyl groups excluding tert-OH is 2. The normalized spacial score (nSPS) is 18.3. The van der Waals surface area contributed by atoms with Gasteiger partial charge in [0.05, 0.1) is 25.4 Å². The highest BCUT2D eigenvalue weighted by Crippen LogP contribution is 2.13. The summed E-state index contributed by atoms with van der Waals surface area (Å²) in [5.74, 6) is 0. The van der Waals surface area contributed by atoms with Crippen LogP contribution >= 0.6 is 0 Å². The summed E-state index contributed by atoms with van der Waals surface area (Å²) >= 11 is 0. The van der Waals surface area contributed by atoms with E-state index in [1.165, 1.54) is 0 Å². The number of hydrogen-bond acceptors (Lipinski definition) is 5. The smallest absolute Gasteiger partial charge is 0.0898 e. The van der Waals surface area contributed by atoms with Crippen LogP contribution in [0.4, 0.5) is 0 Å². The van der Waals surface area contributed by atoms with Crippen molar-refractivity contribution in [3.05, 3.63) is 0 Å². The zero-order valence-electron chi connectivity index (χ0n) is 12.1. The fourth-order valence-corrected chi connectivity index (χ4v) is 1.62. The van der Waals surface area contributed by atoms with Crippen LogP contribution in [0.5, 0.6) is 0 Å². The maximum Gasteiger partial charge on any atom is 0.0898 e. The third-order valence-electron chi connectivity index (χ3n) is 3.18. The van der Waals surface area contributed by atoms with Gasteiger partial charge < -0.3 is 25.0 Å². The van der Waals surface area contributed by atoms with Crippen molar-refractivity contribution in [2.75, 3.05) is 33.5 Å². The molecule has 0 amide bonds. The molecular weight excluding hydrogens is 234 g/mol. The van der Waals surface area contributed by atoms with Gasteiger partial charge in [0.25, 0.3) is 0 Å². The molecule has 0 aliphatic heterocycles. The Balaban J connectivity index is 3.83. The van der Waals surface area contributed by atoms with Gasteiger partial charge >= 0.3 is 0 Å². The van der Waals surface area contributed by atoms with Crippen molar-refractivity contribution in [1.82, 2.24) is 5.32 Å². The van der Waals surface area contributed by atoms with Crippen molar-refractivity contribution in [1.29, 1.82) is 0 Å². The second-order valence-electron chi connectivity index (χ2n) is 5.02. The number of hydrogen-bond donors (Lipinski definition) is 3. The Hall–Kier alpha value is -0.200. The molecule has 0 aliphatic rings. The SMILES string of the molecule is CCC(C)(CCO)NCC(O)COC(C)COC. The van der Waals surface area contributed by atoms with Gasteiger partial charge in [-0.25, -0.2) is 0 Å². The summed E-state index contributed by atoms with van der Waals surface area (Å²) in [4.78, 5) is 0.